The number of hydrogen-bond donors (Lipinski definition) is 0. The third kappa shape index (κ3) is 4.90. The van der Waals surface area contributed by atoms with Crippen molar-refractivity contribution in [3.63, 3.8) is 0 Å². The lowest BCUT2D eigenvalue weighted by atomic mass is 9.89. The molecule has 4 rings (SSSR count). The van der Waals surface area contributed by atoms with Gasteiger partial charge in [-0.2, -0.15) is 0 Å². The summed E-state index contributed by atoms with van der Waals surface area (Å²) in [4.78, 5) is 29.4. The van der Waals surface area contributed by atoms with Gasteiger partial charge in [-0.25, -0.2) is 0 Å². The molecule has 0 bridgehead atoms. The molecule has 0 radical (unpaired) electrons. The van der Waals surface area contributed by atoms with Crippen LogP contribution in [-0.4, -0.2) is 62.0 Å². The summed E-state index contributed by atoms with van der Waals surface area (Å²) in [6.45, 7) is 3.23. The van der Waals surface area contributed by atoms with Crippen LogP contribution in [0.3, 0.4) is 0 Å². The number of carbonyl (C=O) groups is 2. The summed E-state index contributed by atoms with van der Waals surface area (Å²) in [7, 11) is 3.17. The fourth-order valence-corrected chi connectivity index (χ4v) is 4.71. The second-order valence-corrected chi connectivity index (χ2v) is 8.70. The first-order valence-electron chi connectivity index (χ1n) is 11.5. The van der Waals surface area contributed by atoms with Crippen LogP contribution in [0.5, 0.6) is 11.5 Å². The van der Waals surface area contributed by atoms with Crippen molar-refractivity contribution in [1.82, 2.24) is 9.80 Å². The van der Waals surface area contributed by atoms with Crippen LogP contribution in [0.1, 0.15) is 52.0 Å². The summed E-state index contributed by atoms with van der Waals surface area (Å²) >= 11 is 0. The second kappa shape index (κ2) is 10.1. The van der Waals surface area contributed by atoms with Gasteiger partial charge in [0.25, 0.3) is 11.8 Å². The highest BCUT2D eigenvalue weighted by Crippen LogP contribution is 2.28. The Morgan fingerprint density at radius 1 is 0.844 bits per heavy atom. The molecule has 0 N–H and O–H groups in total. The first kappa shape index (κ1) is 22.2. The third-order valence-corrected chi connectivity index (χ3v) is 6.66. The Hall–Kier alpha value is -3.02. The minimum Gasteiger partial charge on any atom is -0.497 e. The maximum Gasteiger partial charge on any atom is 0.257 e. The zero-order valence-electron chi connectivity index (χ0n) is 19.0. The van der Waals surface area contributed by atoms with Gasteiger partial charge in [-0.05, 0) is 67.9 Å². The van der Waals surface area contributed by atoms with Gasteiger partial charge in [0.15, 0.2) is 0 Å². The van der Waals surface area contributed by atoms with Gasteiger partial charge in [0.1, 0.15) is 11.5 Å². The standard InChI is InChI=1S/C26H32N2O4/c1-31-22-9-10-23(24(18-22)32-2)26(30)28-15-11-20(12-16-28)17-19-5-7-21(8-6-19)25(29)27-13-3-4-14-27/h5-10,18,20H,3-4,11-17H2,1-2H3. The number of likely N-dealkylation sites (tertiary alicyclic amines) is 2. The van der Waals surface area contributed by atoms with Gasteiger partial charge < -0.3 is 19.3 Å². The maximum absolute atomic E-state index is 13.0. The van der Waals surface area contributed by atoms with Crippen LogP contribution in [0.4, 0.5) is 0 Å². The fraction of sp³-hybridized carbons (Fsp3) is 0.462. The van der Waals surface area contributed by atoms with Crippen LogP contribution < -0.4 is 9.47 Å². The zero-order chi connectivity index (χ0) is 22.5. The molecule has 32 heavy (non-hydrogen) atoms. The largest absolute Gasteiger partial charge is 0.497 e. The summed E-state index contributed by atoms with van der Waals surface area (Å²) in [5, 5.41) is 0. The molecule has 0 spiro atoms. The van der Waals surface area contributed by atoms with E-state index in [9.17, 15) is 9.59 Å². The molecule has 2 aromatic carbocycles. The number of piperidine rings is 1. The molecule has 6 nitrogen and oxygen atoms in total. The normalized spacial score (nSPS) is 16.8. The van der Waals surface area contributed by atoms with Crippen LogP contribution in [0.15, 0.2) is 42.5 Å². The molecule has 2 fully saturated rings. The molecule has 2 aromatic rings. The summed E-state index contributed by atoms with van der Waals surface area (Å²) < 4.78 is 10.6. The number of rotatable bonds is 6. The Morgan fingerprint density at radius 2 is 1.50 bits per heavy atom. The molecule has 0 aromatic heterocycles. The SMILES string of the molecule is COc1ccc(C(=O)N2CCC(Cc3ccc(C(=O)N4CCCC4)cc3)CC2)c(OC)c1. The number of carbonyl (C=O) groups excluding carboxylic acids is 2. The highest BCUT2D eigenvalue weighted by Gasteiger charge is 2.26. The molecular weight excluding hydrogens is 404 g/mol. The second-order valence-electron chi connectivity index (χ2n) is 8.70. The van der Waals surface area contributed by atoms with Crippen molar-refractivity contribution in [3.05, 3.63) is 59.2 Å². The fourth-order valence-electron chi connectivity index (χ4n) is 4.71. The number of benzene rings is 2. The first-order chi connectivity index (χ1) is 15.6. The number of nitrogens with zero attached hydrogens (tertiary/aromatic N) is 2. The van der Waals surface area contributed by atoms with Crippen molar-refractivity contribution in [3.8, 4) is 11.5 Å². The zero-order valence-corrected chi connectivity index (χ0v) is 19.0. The van der Waals surface area contributed by atoms with Crippen molar-refractivity contribution in [1.29, 1.82) is 0 Å². The van der Waals surface area contributed by atoms with E-state index in [0.29, 0.717) is 23.0 Å². The van der Waals surface area contributed by atoms with Crippen molar-refractivity contribution in [2.24, 2.45) is 5.92 Å². The molecule has 2 aliphatic rings. The first-order valence-corrected chi connectivity index (χ1v) is 11.5. The van der Waals surface area contributed by atoms with E-state index in [1.165, 1.54) is 5.56 Å². The number of amides is 2. The van der Waals surface area contributed by atoms with Crippen LogP contribution in [0.2, 0.25) is 0 Å². The van der Waals surface area contributed by atoms with Crippen LogP contribution in [0, 0.1) is 5.92 Å². The van der Waals surface area contributed by atoms with E-state index in [2.05, 4.69) is 12.1 Å². The van der Waals surface area contributed by atoms with E-state index in [4.69, 9.17) is 9.47 Å². The quantitative estimate of drug-likeness (QED) is 0.686. The topological polar surface area (TPSA) is 59.1 Å². The lowest BCUT2D eigenvalue weighted by molar-refractivity contribution is 0.0686. The molecule has 2 aliphatic heterocycles. The average molecular weight is 437 g/mol. The summed E-state index contributed by atoms with van der Waals surface area (Å²) in [5.41, 5.74) is 2.61. The van der Waals surface area contributed by atoms with E-state index in [-0.39, 0.29) is 11.8 Å². The van der Waals surface area contributed by atoms with Gasteiger partial charge in [0, 0.05) is 37.8 Å². The van der Waals surface area contributed by atoms with Gasteiger partial charge >= 0.3 is 0 Å². The Morgan fingerprint density at radius 3 is 2.12 bits per heavy atom. The van der Waals surface area contributed by atoms with E-state index in [1.807, 2.05) is 21.9 Å². The molecule has 0 aliphatic carbocycles. The van der Waals surface area contributed by atoms with E-state index < -0.39 is 0 Å². The number of hydrogen-bond acceptors (Lipinski definition) is 4. The van der Waals surface area contributed by atoms with Gasteiger partial charge in [-0.15, -0.1) is 0 Å². The van der Waals surface area contributed by atoms with E-state index in [1.54, 1.807) is 32.4 Å². The smallest absolute Gasteiger partial charge is 0.257 e. The molecule has 6 heteroatoms. The molecule has 0 saturated carbocycles. The Kier molecular flexibility index (Phi) is 6.98. The molecule has 0 unspecified atom stereocenters. The maximum atomic E-state index is 13.0. The molecule has 2 saturated heterocycles. The Balaban J connectivity index is 1.31. The minimum atomic E-state index is 0.00716. The molecule has 170 valence electrons. The van der Waals surface area contributed by atoms with Crippen LogP contribution in [0.25, 0.3) is 0 Å². The predicted octanol–water partition coefficient (Wildman–Crippen LogP) is 4.03. The van der Waals surface area contributed by atoms with Crippen molar-refractivity contribution in [2.45, 2.75) is 32.1 Å². The third-order valence-electron chi connectivity index (χ3n) is 6.66. The predicted molar refractivity (Wildman–Crippen MR) is 123 cm³/mol. The lowest BCUT2D eigenvalue weighted by Gasteiger charge is -2.32. The van der Waals surface area contributed by atoms with Gasteiger partial charge in [0.2, 0.25) is 0 Å². The van der Waals surface area contributed by atoms with Crippen molar-refractivity contribution < 1.29 is 19.1 Å². The van der Waals surface area contributed by atoms with Crippen LogP contribution in [-0.2, 0) is 6.42 Å². The monoisotopic (exact) mass is 436 g/mol. The molecule has 2 amide bonds. The summed E-state index contributed by atoms with van der Waals surface area (Å²) in [6.07, 6.45) is 5.13. The van der Waals surface area contributed by atoms with Crippen molar-refractivity contribution >= 4 is 11.8 Å². The number of ether oxygens (including phenoxy) is 2. The summed E-state index contributed by atoms with van der Waals surface area (Å²) in [6, 6.07) is 13.4. The van der Waals surface area contributed by atoms with Crippen LogP contribution >= 0.6 is 0 Å². The average Bonchev–Trinajstić information content (AvgIpc) is 3.39. The number of methoxy groups -OCH3 is 2. The van der Waals surface area contributed by atoms with Gasteiger partial charge in [-0.1, -0.05) is 12.1 Å². The highest BCUT2D eigenvalue weighted by atomic mass is 16.5. The Labute approximate surface area is 190 Å². The Bertz CT molecular complexity index is 943. The van der Waals surface area contributed by atoms with E-state index in [0.717, 1.165) is 63.8 Å². The summed E-state index contributed by atoms with van der Waals surface area (Å²) in [5.74, 6) is 1.91. The molecule has 0 atom stereocenters. The van der Waals surface area contributed by atoms with Crippen molar-refractivity contribution in [2.75, 3.05) is 40.4 Å². The lowest BCUT2D eigenvalue weighted by Crippen LogP contribution is -2.39. The highest BCUT2D eigenvalue weighted by molar-refractivity contribution is 5.97. The minimum absolute atomic E-state index is 0.00716. The molecular formula is C26H32N2O4. The molecule has 2 heterocycles. The van der Waals surface area contributed by atoms with Gasteiger partial charge in [0.05, 0.1) is 19.8 Å². The van der Waals surface area contributed by atoms with E-state index >= 15 is 0 Å². The van der Waals surface area contributed by atoms with Gasteiger partial charge in [-0.3, -0.25) is 9.59 Å².